The number of halogens is 3. The highest BCUT2D eigenvalue weighted by atomic mass is 19.1. The van der Waals surface area contributed by atoms with Gasteiger partial charge >= 0.3 is 0 Å². The Bertz CT molecular complexity index is 1250. The molecule has 5 nitrogen and oxygen atoms in total. The largest absolute Gasteiger partial charge is 0.453 e. The minimum atomic E-state index is -1.03. The third-order valence-electron chi connectivity index (χ3n) is 5.17. The van der Waals surface area contributed by atoms with Crippen molar-refractivity contribution in [1.82, 2.24) is 0 Å². The molecule has 3 aromatic rings. The molecule has 33 heavy (non-hydrogen) atoms. The van der Waals surface area contributed by atoms with Crippen molar-refractivity contribution in [1.29, 1.82) is 0 Å². The van der Waals surface area contributed by atoms with Gasteiger partial charge in [-0.25, -0.2) is 13.2 Å². The summed E-state index contributed by atoms with van der Waals surface area (Å²) in [6.45, 7) is 7.53. The molecular formula is C25H27F3N2O3. The van der Waals surface area contributed by atoms with Crippen LogP contribution < -0.4 is 16.1 Å². The first-order valence-electron chi connectivity index (χ1n) is 10.8. The van der Waals surface area contributed by atoms with E-state index in [1.807, 2.05) is 6.92 Å². The van der Waals surface area contributed by atoms with Gasteiger partial charge in [0, 0.05) is 29.7 Å². The van der Waals surface area contributed by atoms with Crippen molar-refractivity contribution in [3.63, 3.8) is 0 Å². The maximum absolute atomic E-state index is 14.6. The molecule has 0 atom stereocenters. The molecule has 1 heterocycles. The van der Waals surface area contributed by atoms with E-state index in [0.717, 1.165) is 31.4 Å². The van der Waals surface area contributed by atoms with Gasteiger partial charge in [-0.3, -0.25) is 9.59 Å². The Morgan fingerprint density at radius 1 is 1.00 bits per heavy atom. The lowest BCUT2D eigenvalue weighted by atomic mass is 9.95. The van der Waals surface area contributed by atoms with Crippen LogP contribution in [-0.4, -0.2) is 12.5 Å². The molecule has 0 radical (unpaired) electrons. The highest BCUT2D eigenvalue weighted by Crippen LogP contribution is 2.31. The normalized spacial score (nSPS) is 11.6. The average Bonchev–Trinajstić information content (AvgIpc) is 2.73. The number of benzene rings is 2. The van der Waals surface area contributed by atoms with Crippen LogP contribution in [0.3, 0.4) is 0 Å². The minimum absolute atomic E-state index is 0.0337. The average molecular weight is 460 g/mol. The number of unbranched alkanes of at least 4 members (excludes halogenated alkanes) is 2. The molecule has 0 saturated carbocycles. The number of carbonyl (C=O) groups is 1. The van der Waals surface area contributed by atoms with Crippen LogP contribution in [0.4, 0.5) is 24.5 Å². The van der Waals surface area contributed by atoms with Gasteiger partial charge < -0.3 is 15.1 Å². The summed E-state index contributed by atoms with van der Waals surface area (Å²) in [5.41, 5.74) is -1.77. The molecule has 8 heteroatoms. The van der Waals surface area contributed by atoms with E-state index >= 15 is 0 Å². The molecule has 2 aromatic carbocycles. The van der Waals surface area contributed by atoms with E-state index in [4.69, 9.17) is 4.42 Å². The van der Waals surface area contributed by atoms with E-state index in [0.29, 0.717) is 12.6 Å². The van der Waals surface area contributed by atoms with Gasteiger partial charge in [-0.15, -0.1) is 0 Å². The Hall–Kier alpha value is -3.29. The summed E-state index contributed by atoms with van der Waals surface area (Å²) in [5.74, 6) is -3.11. The quantitative estimate of drug-likeness (QED) is 0.397. The standard InChI is InChI=1S/C25H27F3N2O3/c1-5-6-7-10-29-22-16(27)12-17(28)23-21(22)19(31)13-20(33-23)14-8-9-18(15(26)11-14)30-24(32)25(2,3)4/h8-9,11-13,29H,5-7,10H2,1-4H3,(H,30,32). The van der Waals surface area contributed by atoms with Crippen molar-refractivity contribution in [2.75, 3.05) is 17.2 Å². The number of amides is 1. The second-order valence-electron chi connectivity index (χ2n) is 8.93. The van der Waals surface area contributed by atoms with Gasteiger partial charge in [-0.05, 0) is 24.6 Å². The van der Waals surface area contributed by atoms with Crippen molar-refractivity contribution >= 4 is 28.3 Å². The third-order valence-corrected chi connectivity index (χ3v) is 5.17. The van der Waals surface area contributed by atoms with Crippen LogP contribution in [0.15, 0.2) is 39.5 Å². The Labute approximate surface area is 190 Å². The zero-order valence-corrected chi connectivity index (χ0v) is 19.1. The molecule has 0 aliphatic carbocycles. The van der Waals surface area contributed by atoms with Gasteiger partial charge in [0.1, 0.15) is 17.4 Å². The number of hydrogen-bond donors (Lipinski definition) is 2. The predicted molar refractivity (Wildman–Crippen MR) is 124 cm³/mol. The van der Waals surface area contributed by atoms with Gasteiger partial charge in [-0.2, -0.15) is 0 Å². The minimum Gasteiger partial charge on any atom is -0.453 e. The van der Waals surface area contributed by atoms with Crippen LogP contribution in [0, 0.1) is 22.9 Å². The van der Waals surface area contributed by atoms with Gasteiger partial charge in [0.15, 0.2) is 16.8 Å². The molecule has 0 aliphatic heterocycles. The monoisotopic (exact) mass is 460 g/mol. The van der Waals surface area contributed by atoms with Crippen LogP contribution in [0.2, 0.25) is 0 Å². The van der Waals surface area contributed by atoms with Crippen LogP contribution in [0.1, 0.15) is 47.0 Å². The number of anilines is 2. The maximum Gasteiger partial charge on any atom is 0.229 e. The number of fused-ring (bicyclic) bond motifs is 1. The van der Waals surface area contributed by atoms with Crippen LogP contribution in [0.25, 0.3) is 22.3 Å². The molecule has 1 aromatic heterocycles. The van der Waals surface area contributed by atoms with E-state index in [9.17, 15) is 22.8 Å². The van der Waals surface area contributed by atoms with Crippen molar-refractivity contribution in [2.45, 2.75) is 47.0 Å². The Balaban J connectivity index is 2.01. The van der Waals surface area contributed by atoms with E-state index in [1.165, 1.54) is 12.1 Å². The number of rotatable bonds is 7. The van der Waals surface area contributed by atoms with E-state index in [2.05, 4.69) is 10.6 Å². The SMILES string of the molecule is CCCCCNc1c(F)cc(F)c2oc(-c3ccc(NC(=O)C(C)(C)C)c(F)c3)cc(=O)c12. The molecule has 0 aliphatic rings. The highest BCUT2D eigenvalue weighted by molar-refractivity contribution is 5.95. The fraction of sp³-hybridized carbons (Fsp3) is 0.360. The number of hydrogen-bond acceptors (Lipinski definition) is 4. The predicted octanol–water partition coefficient (Wildman–Crippen LogP) is 6.46. The topological polar surface area (TPSA) is 71.3 Å². The zero-order valence-electron chi connectivity index (χ0n) is 19.1. The van der Waals surface area contributed by atoms with Gasteiger partial charge in [-0.1, -0.05) is 40.5 Å². The van der Waals surface area contributed by atoms with E-state index in [-0.39, 0.29) is 34.0 Å². The molecule has 0 saturated heterocycles. The summed E-state index contributed by atoms with van der Waals surface area (Å²) >= 11 is 0. The van der Waals surface area contributed by atoms with Gasteiger partial charge in [0.2, 0.25) is 5.91 Å². The third kappa shape index (κ3) is 5.38. The lowest BCUT2D eigenvalue weighted by Gasteiger charge is -2.18. The highest BCUT2D eigenvalue weighted by Gasteiger charge is 2.23. The van der Waals surface area contributed by atoms with Crippen molar-refractivity contribution in [3.05, 3.63) is 58.0 Å². The van der Waals surface area contributed by atoms with Crippen LogP contribution in [-0.2, 0) is 4.79 Å². The van der Waals surface area contributed by atoms with Crippen molar-refractivity contribution < 1.29 is 22.4 Å². The second kappa shape index (κ2) is 9.68. The van der Waals surface area contributed by atoms with Crippen molar-refractivity contribution in [2.24, 2.45) is 5.41 Å². The molecule has 0 spiro atoms. The fourth-order valence-electron chi connectivity index (χ4n) is 3.25. The summed E-state index contributed by atoms with van der Waals surface area (Å²) in [7, 11) is 0. The van der Waals surface area contributed by atoms with Crippen LogP contribution in [0.5, 0.6) is 0 Å². The molecule has 1 amide bonds. The molecule has 0 fully saturated rings. The summed E-state index contributed by atoms with van der Waals surface area (Å²) in [5, 5.41) is 5.13. The lowest BCUT2D eigenvalue weighted by molar-refractivity contribution is -0.123. The first-order valence-corrected chi connectivity index (χ1v) is 10.8. The van der Waals surface area contributed by atoms with Crippen LogP contribution >= 0.6 is 0 Å². The zero-order chi connectivity index (χ0) is 24.3. The smallest absolute Gasteiger partial charge is 0.229 e. The summed E-state index contributed by atoms with van der Waals surface area (Å²) in [6, 6.07) is 5.58. The molecule has 2 N–H and O–H groups in total. The lowest BCUT2D eigenvalue weighted by Crippen LogP contribution is -2.28. The van der Waals surface area contributed by atoms with Gasteiger partial charge in [0.05, 0.1) is 16.8 Å². The Morgan fingerprint density at radius 3 is 2.36 bits per heavy atom. The van der Waals surface area contributed by atoms with Crippen molar-refractivity contribution in [3.8, 4) is 11.3 Å². The molecule has 0 unspecified atom stereocenters. The summed E-state index contributed by atoms with van der Waals surface area (Å²) in [6.07, 6.45) is 2.65. The Kier molecular flexibility index (Phi) is 7.15. The van der Waals surface area contributed by atoms with Gasteiger partial charge in [0.25, 0.3) is 0 Å². The molecule has 3 rings (SSSR count). The Morgan fingerprint density at radius 2 is 1.73 bits per heavy atom. The van der Waals surface area contributed by atoms with E-state index < -0.39 is 33.9 Å². The molecule has 176 valence electrons. The number of nitrogens with one attached hydrogen (secondary N) is 2. The second-order valence-corrected chi connectivity index (χ2v) is 8.93. The first-order chi connectivity index (χ1) is 15.5. The summed E-state index contributed by atoms with van der Waals surface area (Å²) < 4.78 is 49.1. The maximum atomic E-state index is 14.6. The van der Waals surface area contributed by atoms with E-state index in [1.54, 1.807) is 20.8 Å². The molecule has 0 bridgehead atoms. The fourth-order valence-corrected chi connectivity index (χ4v) is 3.25. The molecular weight excluding hydrogens is 433 g/mol. The first kappa shape index (κ1) is 24.4. The number of carbonyl (C=O) groups excluding carboxylic acids is 1. The summed E-state index contributed by atoms with van der Waals surface area (Å²) in [4.78, 5) is 24.9.